The molecule has 14 heavy (non-hydrogen) atoms. The number of hydrogen-bond acceptors (Lipinski definition) is 1. The predicted octanol–water partition coefficient (Wildman–Crippen LogP) is 3.93. The summed E-state index contributed by atoms with van der Waals surface area (Å²) in [5, 5.41) is 0. The Balaban J connectivity index is 2.88. The zero-order valence-electron chi connectivity index (χ0n) is 9.01. The average Bonchev–Trinajstić information content (AvgIpc) is 2.19. The smallest absolute Gasteiger partial charge is 0.122 e. The molecule has 2 heteroatoms. The molecule has 1 atom stereocenters. The molecule has 1 aromatic carbocycles. The lowest BCUT2D eigenvalue weighted by atomic mass is 9.97. The summed E-state index contributed by atoms with van der Waals surface area (Å²) in [6.07, 6.45) is 1.23. The van der Waals surface area contributed by atoms with Gasteiger partial charge in [-0.3, -0.25) is 0 Å². The van der Waals surface area contributed by atoms with Crippen LogP contribution in [0, 0.1) is 6.92 Å². The zero-order valence-corrected chi connectivity index (χ0v) is 11.2. The molecule has 0 radical (unpaired) electrons. The summed E-state index contributed by atoms with van der Waals surface area (Å²) in [6, 6.07) is 6.50. The molecule has 1 nitrogen and oxygen atoms in total. The highest BCUT2D eigenvalue weighted by molar-refractivity contribution is 14.1. The first-order valence-corrected chi connectivity index (χ1v) is 6.42. The maximum atomic E-state index is 5.31. The monoisotopic (exact) mass is 304 g/mol. The van der Waals surface area contributed by atoms with Crippen LogP contribution in [-0.4, -0.2) is 11.5 Å². The lowest BCUT2D eigenvalue weighted by molar-refractivity contribution is 0.410. The largest absolute Gasteiger partial charge is 0.496 e. The van der Waals surface area contributed by atoms with E-state index >= 15 is 0 Å². The highest BCUT2D eigenvalue weighted by atomic mass is 127. The van der Waals surface area contributed by atoms with E-state index in [0.29, 0.717) is 5.92 Å². The van der Waals surface area contributed by atoms with Gasteiger partial charge in [0.1, 0.15) is 5.75 Å². The van der Waals surface area contributed by atoms with Crippen LogP contribution in [0.15, 0.2) is 18.2 Å². The van der Waals surface area contributed by atoms with Crippen molar-refractivity contribution in [3.63, 3.8) is 0 Å². The Hall–Kier alpha value is -0.250. The van der Waals surface area contributed by atoms with Crippen LogP contribution in [0.1, 0.15) is 30.4 Å². The van der Waals surface area contributed by atoms with Gasteiger partial charge in [0.25, 0.3) is 0 Å². The van der Waals surface area contributed by atoms with Crippen molar-refractivity contribution < 1.29 is 4.74 Å². The Kier molecular flexibility index (Phi) is 4.72. The number of alkyl halides is 1. The molecule has 0 bridgehead atoms. The molecule has 0 unspecified atom stereocenters. The third-order valence-electron chi connectivity index (χ3n) is 2.54. The molecule has 0 heterocycles. The van der Waals surface area contributed by atoms with Gasteiger partial charge < -0.3 is 4.74 Å². The molecular weight excluding hydrogens is 287 g/mol. The number of benzene rings is 1. The molecule has 0 N–H and O–H groups in total. The average molecular weight is 304 g/mol. The molecule has 0 fully saturated rings. The van der Waals surface area contributed by atoms with Crippen LogP contribution >= 0.6 is 22.6 Å². The molecule has 0 amide bonds. The lowest BCUT2D eigenvalue weighted by Gasteiger charge is -2.12. The lowest BCUT2D eigenvalue weighted by Crippen LogP contribution is -1.96. The van der Waals surface area contributed by atoms with Crippen LogP contribution in [0.25, 0.3) is 0 Å². The van der Waals surface area contributed by atoms with Crippen LogP contribution in [-0.2, 0) is 0 Å². The number of rotatable bonds is 4. The number of halogens is 1. The van der Waals surface area contributed by atoms with E-state index in [2.05, 4.69) is 54.6 Å². The Bertz CT molecular complexity index is 296. The molecule has 0 spiro atoms. The summed E-state index contributed by atoms with van der Waals surface area (Å²) in [6.45, 7) is 4.34. The molecule has 0 saturated heterocycles. The molecule has 78 valence electrons. The number of ether oxygens (including phenoxy) is 1. The number of aryl methyl sites for hydroxylation is 1. The van der Waals surface area contributed by atoms with E-state index in [0.717, 1.165) is 5.75 Å². The van der Waals surface area contributed by atoms with E-state index in [9.17, 15) is 0 Å². The molecule has 0 saturated carbocycles. The van der Waals surface area contributed by atoms with Crippen molar-refractivity contribution in [1.82, 2.24) is 0 Å². The molecule has 0 aliphatic heterocycles. The normalized spacial score (nSPS) is 12.6. The van der Waals surface area contributed by atoms with Crippen LogP contribution in [0.5, 0.6) is 5.75 Å². The Morgan fingerprint density at radius 1 is 1.43 bits per heavy atom. The molecular formula is C12H17IO. The SMILES string of the molecule is COc1cc([C@@H](C)CCI)ccc1C. The topological polar surface area (TPSA) is 9.23 Å². The van der Waals surface area contributed by atoms with E-state index in [-0.39, 0.29) is 0 Å². The van der Waals surface area contributed by atoms with Gasteiger partial charge in [0.15, 0.2) is 0 Å². The first kappa shape index (κ1) is 11.8. The summed E-state index contributed by atoms with van der Waals surface area (Å²) >= 11 is 2.42. The standard InChI is InChI=1S/C12H17IO/c1-9(6-7-13)11-5-4-10(2)12(8-11)14-3/h4-5,8-9H,6-7H2,1-3H3/t9-/m0/s1. The first-order chi connectivity index (χ1) is 6.69. The van der Waals surface area contributed by atoms with E-state index < -0.39 is 0 Å². The van der Waals surface area contributed by atoms with Crippen molar-refractivity contribution in [2.75, 3.05) is 11.5 Å². The van der Waals surface area contributed by atoms with Gasteiger partial charge in [0, 0.05) is 4.43 Å². The van der Waals surface area contributed by atoms with Gasteiger partial charge in [-0.1, -0.05) is 41.6 Å². The Labute approximate surface area is 100.0 Å². The van der Waals surface area contributed by atoms with Crippen LogP contribution in [0.4, 0.5) is 0 Å². The van der Waals surface area contributed by atoms with Crippen molar-refractivity contribution in [2.24, 2.45) is 0 Å². The van der Waals surface area contributed by atoms with Crippen molar-refractivity contribution in [1.29, 1.82) is 0 Å². The molecule has 1 aromatic rings. The molecule has 0 aliphatic rings. The highest BCUT2D eigenvalue weighted by Gasteiger charge is 2.07. The van der Waals surface area contributed by atoms with Crippen molar-refractivity contribution in [3.8, 4) is 5.75 Å². The summed E-state index contributed by atoms with van der Waals surface area (Å²) < 4.78 is 6.52. The van der Waals surface area contributed by atoms with Crippen LogP contribution in [0.3, 0.4) is 0 Å². The molecule has 0 aliphatic carbocycles. The van der Waals surface area contributed by atoms with Crippen LogP contribution in [0.2, 0.25) is 0 Å². The van der Waals surface area contributed by atoms with Gasteiger partial charge in [-0.15, -0.1) is 0 Å². The minimum Gasteiger partial charge on any atom is -0.496 e. The Morgan fingerprint density at radius 3 is 2.71 bits per heavy atom. The quantitative estimate of drug-likeness (QED) is 0.605. The van der Waals surface area contributed by atoms with Gasteiger partial charge in [0.2, 0.25) is 0 Å². The third-order valence-corrected chi connectivity index (χ3v) is 3.17. The van der Waals surface area contributed by atoms with Crippen molar-refractivity contribution in [3.05, 3.63) is 29.3 Å². The van der Waals surface area contributed by atoms with Crippen LogP contribution < -0.4 is 4.74 Å². The number of hydrogen-bond donors (Lipinski definition) is 0. The van der Waals surface area contributed by atoms with E-state index in [1.807, 2.05) is 0 Å². The maximum Gasteiger partial charge on any atom is 0.122 e. The van der Waals surface area contributed by atoms with E-state index in [4.69, 9.17) is 4.74 Å². The second kappa shape index (κ2) is 5.59. The fourth-order valence-electron chi connectivity index (χ4n) is 1.47. The Morgan fingerprint density at radius 2 is 2.14 bits per heavy atom. The fourth-order valence-corrected chi connectivity index (χ4v) is 2.41. The van der Waals surface area contributed by atoms with E-state index in [1.165, 1.54) is 22.0 Å². The van der Waals surface area contributed by atoms with Gasteiger partial charge in [-0.25, -0.2) is 0 Å². The highest BCUT2D eigenvalue weighted by Crippen LogP contribution is 2.26. The van der Waals surface area contributed by atoms with Gasteiger partial charge in [-0.2, -0.15) is 0 Å². The van der Waals surface area contributed by atoms with Gasteiger partial charge in [0.05, 0.1) is 7.11 Å². The minimum atomic E-state index is 0.626. The first-order valence-electron chi connectivity index (χ1n) is 4.89. The second-order valence-corrected chi connectivity index (χ2v) is 4.69. The second-order valence-electron chi connectivity index (χ2n) is 3.61. The zero-order chi connectivity index (χ0) is 10.6. The predicted molar refractivity (Wildman–Crippen MR) is 69.7 cm³/mol. The van der Waals surface area contributed by atoms with E-state index in [1.54, 1.807) is 7.11 Å². The summed E-state index contributed by atoms with van der Waals surface area (Å²) in [7, 11) is 1.73. The minimum absolute atomic E-state index is 0.626. The molecule has 0 aromatic heterocycles. The van der Waals surface area contributed by atoms with Crippen molar-refractivity contribution >= 4 is 22.6 Å². The number of methoxy groups -OCH3 is 1. The van der Waals surface area contributed by atoms with Gasteiger partial charge >= 0.3 is 0 Å². The summed E-state index contributed by atoms with van der Waals surface area (Å²) in [4.78, 5) is 0. The summed E-state index contributed by atoms with van der Waals surface area (Å²) in [5.41, 5.74) is 2.59. The van der Waals surface area contributed by atoms with Crippen molar-refractivity contribution in [2.45, 2.75) is 26.2 Å². The maximum absolute atomic E-state index is 5.31. The summed E-state index contributed by atoms with van der Waals surface area (Å²) in [5.74, 6) is 1.63. The third kappa shape index (κ3) is 2.87. The fraction of sp³-hybridized carbons (Fsp3) is 0.500. The van der Waals surface area contributed by atoms with Gasteiger partial charge in [-0.05, 0) is 36.5 Å². The molecule has 1 rings (SSSR count).